The normalized spacial score (nSPS) is 34.5. The Bertz CT molecular complexity index is 363. The van der Waals surface area contributed by atoms with Gasteiger partial charge in [0.2, 0.25) is 0 Å². The molecule has 2 atom stereocenters. The molecule has 4 nitrogen and oxygen atoms in total. The molecule has 2 unspecified atom stereocenters. The summed E-state index contributed by atoms with van der Waals surface area (Å²) in [4.78, 5) is 6.75. The van der Waals surface area contributed by atoms with Gasteiger partial charge in [0, 0.05) is 18.6 Å². The monoisotopic (exact) mass is 222 g/mol. The van der Waals surface area contributed by atoms with Gasteiger partial charge >= 0.3 is 0 Å². The van der Waals surface area contributed by atoms with E-state index < -0.39 is 0 Å². The SMILES string of the molecule is Cc1ocnc1CN1C2CCC1CC(O)C2. The molecule has 0 aromatic carbocycles. The average Bonchev–Trinajstić information content (AvgIpc) is 2.73. The van der Waals surface area contributed by atoms with Crippen LogP contribution in [0.15, 0.2) is 10.8 Å². The van der Waals surface area contributed by atoms with Gasteiger partial charge in [-0.3, -0.25) is 4.90 Å². The zero-order valence-electron chi connectivity index (χ0n) is 9.59. The molecule has 1 aromatic heterocycles. The summed E-state index contributed by atoms with van der Waals surface area (Å²) in [6.45, 7) is 2.84. The minimum atomic E-state index is -0.0906. The number of rotatable bonds is 2. The Kier molecular flexibility index (Phi) is 2.48. The highest BCUT2D eigenvalue weighted by Crippen LogP contribution is 2.36. The number of fused-ring (bicyclic) bond motifs is 2. The van der Waals surface area contributed by atoms with Gasteiger partial charge in [-0.2, -0.15) is 0 Å². The number of hydrogen-bond donors (Lipinski definition) is 1. The van der Waals surface area contributed by atoms with Gasteiger partial charge in [0.1, 0.15) is 5.76 Å². The van der Waals surface area contributed by atoms with Gasteiger partial charge in [0.05, 0.1) is 11.8 Å². The highest BCUT2D eigenvalue weighted by Gasteiger charge is 2.40. The summed E-state index contributed by atoms with van der Waals surface area (Å²) >= 11 is 0. The fraction of sp³-hybridized carbons (Fsp3) is 0.750. The lowest BCUT2D eigenvalue weighted by atomic mass is 10.00. The van der Waals surface area contributed by atoms with Gasteiger partial charge in [0.25, 0.3) is 0 Å². The van der Waals surface area contributed by atoms with Gasteiger partial charge in [-0.25, -0.2) is 4.98 Å². The Labute approximate surface area is 95.3 Å². The van der Waals surface area contributed by atoms with Gasteiger partial charge in [0.15, 0.2) is 6.39 Å². The Hall–Kier alpha value is -0.870. The fourth-order valence-electron chi connectivity index (χ4n) is 3.16. The molecule has 0 saturated carbocycles. The number of aromatic nitrogens is 1. The summed E-state index contributed by atoms with van der Waals surface area (Å²) < 4.78 is 5.23. The third-order valence-electron chi connectivity index (χ3n) is 4.04. The topological polar surface area (TPSA) is 49.5 Å². The summed E-state index contributed by atoms with van der Waals surface area (Å²) in [5, 5.41) is 9.73. The van der Waals surface area contributed by atoms with E-state index in [9.17, 15) is 5.11 Å². The number of nitrogens with zero attached hydrogens (tertiary/aromatic N) is 2. The molecule has 0 radical (unpaired) electrons. The first-order chi connectivity index (χ1) is 7.74. The number of hydrogen-bond acceptors (Lipinski definition) is 4. The minimum Gasteiger partial charge on any atom is -0.448 e. The Morgan fingerprint density at radius 2 is 2.12 bits per heavy atom. The molecule has 0 amide bonds. The van der Waals surface area contributed by atoms with Crippen molar-refractivity contribution < 1.29 is 9.52 Å². The molecule has 2 fully saturated rings. The molecule has 2 aliphatic heterocycles. The quantitative estimate of drug-likeness (QED) is 0.823. The number of aliphatic hydroxyl groups excluding tert-OH is 1. The maximum atomic E-state index is 9.73. The van der Waals surface area contributed by atoms with Crippen LogP contribution in [0.3, 0.4) is 0 Å². The van der Waals surface area contributed by atoms with Crippen molar-refractivity contribution in [3.8, 4) is 0 Å². The molecule has 2 saturated heterocycles. The van der Waals surface area contributed by atoms with Crippen molar-refractivity contribution in [1.29, 1.82) is 0 Å². The van der Waals surface area contributed by atoms with Crippen LogP contribution in [0.25, 0.3) is 0 Å². The molecule has 2 aliphatic rings. The standard InChI is InChI=1S/C12H18N2O2/c1-8-12(13-7-16-8)6-14-9-2-3-10(14)5-11(15)4-9/h7,9-11,15H,2-6H2,1H3. The van der Waals surface area contributed by atoms with Crippen molar-refractivity contribution >= 4 is 0 Å². The molecule has 3 heterocycles. The van der Waals surface area contributed by atoms with E-state index in [0.717, 1.165) is 30.8 Å². The van der Waals surface area contributed by atoms with E-state index in [4.69, 9.17) is 4.42 Å². The van der Waals surface area contributed by atoms with Gasteiger partial charge in [-0.15, -0.1) is 0 Å². The van der Waals surface area contributed by atoms with Crippen LogP contribution in [0.5, 0.6) is 0 Å². The van der Waals surface area contributed by atoms with Crippen LogP contribution in [-0.4, -0.2) is 33.2 Å². The molecule has 0 aliphatic carbocycles. The van der Waals surface area contributed by atoms with Crippen molar-refractivity contribution in [2.45, 2.75) is 57.3 Å². The van der Waals surface area contributed by atoms with E-state index in [0.29, 0.717) is 12.1 Å². The predicted octanol–water partition coefficient (Wildman–Crippen LogP) is 1.47. The zero-order chi connectivity index (χ0) is 11.1. The number of aliphatic hydroxyl groups is 1. The first-order valence-electron chi connectivity index (χ1n) is 6.07. The van der Waals surface area contributed by atoms with E-state index in [-0.39, 0.29) is 6.10 Å². The Balaban J connectivity index is 1.75. The van der Waals surface area contributed by atoms with Gasteiger partial charge < -0.3 is 9.52 Å². The van der Waals surface area contributed by atoms with Crippen molar-refractivity contribution in [2.24, 2.45) is 0 Å². The van der Waals surface area contributed by atoms with Crippen LogP contribution in [0.4, 0.5) is 0 Å². The van der Waals surface area contributed by atoms with E-state index >= 15 is 0 Å². The largest absolute Gasteiger partial charge is 0.448 e. The van der Waals surface area contributed by atoms with E-state index in [1.807, 2.05) is 6.92 Å². The molecule has 3 rings (SSSR count). The third-order valence-corrected chi connectivity index (χ3v) is 4.04. The molecule has 0 spiro atoms. The Morgan fingerprint density at radius 1 is 1.44 bits per heavy atom. The van der Waals surface area contributed by atoms with Crippen LogP contribution >= 0.6 is 0 Å². The van der Waals surface area contributed by atoms with Crippen LogP contribution in [0.2, 0.25) is 0 Å². The van der Waals surface area contributed by atoms with Crippen molar-refractivity contribution in [3.63, 3.8) is 0 Å². The van der Waals surface area contributed by atoms with E-state index in [1.165, 1.54) is 19.2 Å². The van der Waals surface area contributed by atoms with Crippen LogP contribution in [0.1, 0.15) is 37.1 Å². The van der Waals surface area contributed by atoms with Crippen LogP contribution < -0.4 is 0 Å². The molecule has 1 N–H and O–H groups in total. The number of oxazole rings is 1. The fourth-order valence-corrected chi connectivity index (χ4v) is 3.16. The summed E-state index contributed by atoms with van der Waals surface area (Å²) in [6.07, 6.45) is 5.72. The van der Waals surface area contributed by atoms with Crippen molar-refractivity contribution in [2.75, 3.05) is 0 Å². The van der Waals surface area contributed by atoms with Crippen LogP contribution in [0, 0.1) is 6.92 Å². The van der Waals surface area contributed by atoms with Crippen molar-refractivity contribution in [3.05, 3.63) is 17.8 Å². The maximum Gasteiger partial charge on any atom is 0.181 e. The van der Waals surface area contributed by atoms with Crippen LogP contribution in [-0.2, 0) is 6.54 Å². The first kappa shape index (κ1) is 10.3. The number of aryl methyl sites for hydroxylation is 1. The average molecular weight is 222 g/mol. The Morgan fingerprint density at radius 3 is 2.69 bits per heavy atom. The minimum absolute atomic E-state index is 0.0906. The molecule has 16 heavy (non-hydrogen) atoms. The van der Waals surface area contributed by atoms with Crippen molar-refractivity contribution in [1.82, 2.24) is 9.88 Å². The van der Waals surface area contributed by atoms with Gasteiger partial charge in [-0.05, 0) is 32.6 Å². The molecule has 88 valence electrons. The molecular weight excluding hydrogens is 204 g/mol. The lowest BCUT2D eigenvalue weighted by Crippen LogP contribution is -2.44. The highest BCUT2D eigenvalue weighted by atomic mass is 16.3. The first-order valence-corrected chi connectivity index (χ1v) is 6.07. The molecular formula is C12H18N2O2. The second kappa shape index (κ2) is 3.86. The maximum absolute atomic E-state index is 9.73. The predicted molar refractivity (Wildman–Crippen MR) is 58.8 cm³/mol. The highest BCUT2D eigenvalue weighted by molar-refractivity contribution is 5.07. The lowest BCUT2D eigenvalue weighted by Gasteiger charge is -2.36. The summed E-state index contributed by atoms with van der Waals surface area (Å²) in [5.41, 5.74) is 1.05. The second-order valence-corrected chi connectivity index (χ2v) is 5.04. The van der Waals surface area contributed by atoms with E-state index in [1.54, 1.807) is 0 Å². The lowest BCUT2D eigenvalue weighted by molar-refractivity contribution is 0.0302. The second-order valence-electron chi connectivity index (χ2n) is 5.04. The molecule has 1 aromatic rings. The summed E-state index contributed by atoms with van der Waals surface area (Å²) in [7, 11) is 0. The third kappa shape index (κ3) is 1.66. The summed E-state index contributed by atoms with van der Waals surface area (Å²) in [5.74, 6) is 0.922. The zero-order valence-corrected chi connectivity index (χ0v) is 9.59. The molecule has 4 heteroatoms. The number of piperidine rings is 1. The molecule has 2 bridgehead atoms. The van der Waals surface area contributed by atoms with E-state index in [2.05, 4.69) is 9.88 Å². The smallest absolute Gasteiger partial charge is 0.181 e. The van der Waals surface area contributed by atoms with Gasteiger partial charge in [-0.1, -0.05) is 0 Å². The summed E-state index contributed by atoms with van der Waals surface area (Å²) in [6, 6.07) is 1.09.